The zero-order chi connectivity index (χ0) is 29.3. The van der Waals surface area contributed by atoms with E-state index in [1.165, 1.54) is 12.1 Å². The van der Waals surface area contributed by atoms with E-state index < -0.39 is 35.3 Å². The van der Waals surface area contributed by atoms with Gasteiger partial charge in [0.1, 0.15) is 11.9 Å². The van der Waals surface area contributed by atoms with Gasteiger partial charge in [-0.25, -0.2) is 9.92 Å². The molecule has 1 saturated carbocycles. The van der Waals surface area contributed by atoms with Gasteiger partial charge < -0.3 is 20.7 Å². The first kappa shape index (κ1) is 28.6. The summed E-state index contributed by atoms with van der Waals surface area (Å²) in [6.07, 6.45) is 0.234. The molecule has 3 aromatic rings. The molecular weight excluding hydrogens is 547 g/mol. The first-order chi connectivity index (χ1) is 19.7. The number of carboxylic acids is 1. The van der Waals surface area contributed by atoms with E-state index in [0.29, 0.717) is 29.7 Å². The lowest BCUT2D eigenvalue weighted by Gasteiger charge is -2.20. The van der Waals surface area contributed by atoms with Crippen molar-refractivity contribution in [2.24, 2.45) is 16.2 Å². The number of hydrogen-bond donors (Lipinski definition) is 5. The maximum atomic E-state index is 14.1. The van der Waals surface area contributed by atoms with Crippen LogP contribution in [0.5, 0.6) is 0 Å². The Morgan fingerprint density at radius 2 is 1.71 bits per heavy atom. The Kier molecular flexibility index (Phi) is 8.04. The Balaban J connectivity index is 1.29. The molecule has 5 rings (SSSR count). The van der Waals surface area contributed by atoms with Crippen LogP contribution in [0.15, 0.2) is 82.6 Å². The molecule has 3 atom stereocenters. The Bertz CT molecular complexity index is 1510. The molecule has 0 aliphatic heterocycles. The van der Waals surface area contributed by atoms with Crippen LogP contribution in [0.2, 0.25) is 5.02 Å². The van der Waals surface area contributed by atoms with Gasteiger partial charge in [-0.1, -0.05) is 71.4 Å². The van der Waals surface area contributed by atoms with Crippen molar-refractivity contribution in [3.05, 3.63) is 99.8 Å². The van der Waals surface area contributed by atoms with Gasteiger partial charge in [0, 0.05) is 29.6 Å². The van der Waals surface area contributed by atoms with E-state index in [-0.39, 0.29) is 18.1 Å². The van der Waals surface area contributed by atoms with Gasteiger partial charge in [0.25, 0.3) is 0 Å². The minimum absolute atomic E-state index is 0.110. The molecule has 212 valence electrons. The maximum absolute atomic E-state index is 14.1. The summed E-state index contributed by atoms with van der Waals surface area (Å²) in [5.41, 5.74) is 12.6. The summed E-state index contributed by atoms with van der Waals surface area (Å²) in [6, 6.07) is 18.9. The number of nitrogens with zero attached hydrogens (tertiary/aromatic N) is 2. The zero-order valence-corrected chi connectivity index (χ0v) is 23.1. The van der Waals surface area contributed by atoms with Crippen LogP contribution in [0.4, 0.5) is 4.39 Å². The molecule has 0 bridgehead atoms. The number of carboxylic acid groups (broad SMARTS) is 1. The number of hydrogen-bond acceptors (Lipinski definition) is 7. The Hall–Kier alpha value is -3.92. The summed E-state index contributed by atoms with van der Waals surface area (Å²) in [5, 5.41) is 40.5. The molecule has 5 N–H and O–H groups in total. The molecule has 2 aliphatic carbocycles. The molecule has 8 nitrogen and oxygen atoms in total. The third kappa shape index (κ3) is 5.53. The lowest BCUT2D eigenvalue weighted by molar-refractivity contribution is -0.140. The van der Waals surface area contributed by atoms with Crippen molar-refractivity contribution in [3.63, 3.8) is 0 Å². The van der Waals surface area contributed by atoms with Gasteiger partial charge in [-0.2, -0.15) is 5.11 Å². The van der Waals surface area contributed by atoms with Crippen LogP contribution in [0.3, 0.4) is 0 Å². The quantitative estimate of drug-likeness (QED) is 0.0773. The van der Waals surface area contributed by atoms with Crippen LogP contribution in [0.25, 0.3) is 16.7 Å². The second-order valence-electron chi connectivity index (χ2n) is 10.6. The molecule has 41 heavy (non-hydrogen) atoms. The molecule has 0 heterocycles. The number of aliphatic carboxylic acids is 1. The van der Waals surface area contributed by atoms with Crippen molar-refractivity contribution in [2.75, 3.05) is 6.54 Å². The van der Waals surface area contributed by atoms with Gasteiger partial charge >= 0.3 is 5.97 Å². The van der Waals surface area contributed by atoms with Crippen LogP contribution in [-0.2, 0) is 16.8 Å². The molecule has 3 aromatic carbocycles. The topological polar surface area (TPSA) is 138 Å². The van der Waals surface area contributed by atoms with Crippen LogP contribution >= 0.6 is 11.6 Å². The normalized spacial score (nSPS) is 19.0. The summed E-state index contributed by atoms with van der Waals surface area (Å²) in [4.78, 5) is 11.6. The fourth-order valence-electron chi connectivity index (χ4n) is 5.48. The summed E-state index contributed by atoms with van der Waals surface area (Å²) < 4.78 is 14.1. The third-order valence-electron chi connectivity index (χ3n) is 8.11. The van der Waals surface area contributed by atoms with Gasteiger partial charge in [0.2, 0.25) is 0 Å². The van der Waals surface area contributed by atoms with E-state index in [9.17, 15) is 24.6 Å². The second-order valence-corrected chi connectivity index (χ2v) is 11.0. The van der Waals surface area contributed by atoms with E-state index in [1.807, 2.05) is 48.5 Å². The fourth-order valence-corrected chi connectivity index (χ4v) is 5.71. The highest BCUT2D eigenvalue weighted by Gasteiger charge is 2.51. The molecule has 0 saturated heterocycles. The highest BCUT2D eigenvalue weighted by Crippen LogP contribution is 2.51. The summed E-state index contributed by atoms with van der Waals surface area (Å²) in [5.74, 6) is -1.72. The molecule has 10 heteroatoms. The maximum Gasteiger partial charge on any atom is 0.314 e. The number of halogens is 2. The predicted molar refractivity (Wildman–Crippen MR) is 154 cm³/mol. The molecule has 0 amide bonds. The van der Waals surface area contributed by atoms with Crippen molar-refractivity contribution in [3.8, 4) is 11.1 Å². The molecule has 0 radical (unpaired) electrons. The number of oxime groups is 1. The van der Waals surface area contributed by atoms with Crippen molar-refractivity contribution in [1.29, 1.82) is 5.53 Å². The smallest absolute Gasteiger partial charge is 0.314 e. The third-order valence-corrected chi connectivity index (χ3v) is 8.47. The Labute approximate surface area is 241 Å². The van der Waals surface area contributed by atoms with Crippen LogP contribution in [-0.4, -0.2) is 45.8 Å². The minimum Gasteiger partial charge on any atom is -0.481 e. The number of carbonyl (C=O) groups is 1. The summed E-state index contributed by atoms with van der Waals surface area (Å²) >= 11 is 6.09. The van der Waals surface area contributed by atoms with Gasteiger partial charge in [0.05, 0.1) is 17.2 Å². The largest absolute Gasteiger partial charge is 0.481 e. The summed E-state index contributed by atoms with van der Waals surface area (Å²) in [6.45, 7) is 1.87. The van der Waals surface area contributed by atoms with Crippen LogP contribution < -0.4 is 5.32 Å². The molecule has 2 unspecified atom stereocenters. The molecule has 1 fully saturated rings. The fraction of sp³-hybridized carbons (Fsp3) is 0.290. The number of rotatable bonds is 12. The first-order valence-electron chi connectivity index (χ1n) is 13.3. The SMILES string of the molecule is C/C(=N/O)C1=C(c2ccc(-c3ccc(C4(C(=O)O)CC4)cc3)cc2)[C@H]1C(O)C(CNCc1c(F)cccc1Cl)N=N. The minimum atomic E-state index is -1.08. The van der Waals surface area contributed by atoms with Crippen LogP contribution in [0, 0.1) is 17.3 Å². The van der Waals surface area contributed by atoms with E-state index in [0.717, 1.165) is 27.8 Å². The van der Waals surface area contributed by atoms with Crippen molar-refractivity contribution in [2.45, 2.75) is 43.9 Å². The number of nitrogens with one attached hydrogen (secondary N) is 2. The van der Waals surface area contributed by atoms with Crippen molar-refractivity contribution < 1.29 is 24.6 Å². The number of aliphatic hydroxyl groups excluding tert-OH is 1. The molecular formula is C31H30ClFN4O4. The molecule has 0 aromatic heterocycles. The first-order valence-corrected chi connectivity index (χ1v) is 13.7. The lowest BCUT2D eigenvalue weighted by atomic mass is 9.93. The lowest BCUT2D eigenvalue weighted by Crippen LogP contribution is -2.37. The van der Waals surface area contributed by atoms with E-state index in [4.69, 9.17) is 17.1 Å². The Morgan fingerprint density at radius 1 is 1.10 bits per heavy atom. The summed E-state index contributed by atoms with van der Waals surface area (Å²) in [7, 11) is 0. The van der Waals surface area contributed by atoms with E-state index >= 15 is 0 Å². The van der Waals surface area contributed by atoms with Crippen molar-refractivity contribution >= 4 is 28.9 Å². The average molecular weight is 577 g/mol. The standard InChI is InChI=1S/C31H30ClFN4O4/c1-17(37-41)26-27(28(26)29(38)25(36-34)16-35-15-22-23(32)3-2-4-24(22)33)20-7-5-18(6-8-20)19-9-11-21(12-10-19)31(13-14-31)30(39)40/h2-12,25,28-29,34-35,38,41H,13-16H2,1H3,(H,39,40)/b36-34?,37-17-/t25?,28-,29?/m0/s1. The molecule has 2 aliphatic rings. The number of benzene rings is 3. The van der Waals surface area contributed by atoms with Gasteiger partial charge in [-0.3, -0.25) is 4.79 Å². The predicted octanol–water partition coefficient (Wildman–Crippen LogP) is 6.05. The van der Waals surface area contributed by atoms with Crippen LogP contribution in [0.1, 0.15) is 36.5 Å². The van der Waals surface area contributed by atoms with Gasteiger partial charge in [0.15, 0.2) is 0 Å². The van der Waals surface area contributed by atoms with E-state index in [1.54, 1.807) is 13.0 Å². The highest BCUT2D eigenvalue weighted by atomic mass is 35.5. The highest BCUT2D eigenvalue weighted by molar-refractivity contribution is 6.31. The van der Waals surface area contributed by atoms with Crippen molar-refractivity contribution in [1.82, 2.24) is 5.32 Å². The Morgan fingerprint density at radius 3 is 2.24 bits per heavy atom. The zero-order valence-electron chi connectivity index (χ0n) is 22.3. The monoisotopic (exact) mass is 576 g/mol. The van der Waals surface area contributed by atoms with Gasteiger partial charge in [-0.15, -0.1) is 0 Å². The van der Waals surface area contributed by atoms with E-state index in [2.05, 4.69) is 15.6 Å². The molecule has 0 spiro atoms. The average Bonchev–Trinajstić information content (AvgIpc) is 3.90. The van der Waals surface area contributed by atoms with Gasteiger partial charge in [-0.05, 0) is 65.3 Å². The second kappa shape index (κ2) is 11.5. The number of aliphatic hydroxyl groups is 1.